The Bertz CT molecular complexity index is 763. The molecule has 5 N–H and O–H groups in total. The number of pyridine rings is 2. The van der Waals surface area contributed by atoms with Gasteiger partial charge in [-0.05, 0) is 23.3 Å². The van der Waals surface area contributed by atoms with Crippen LogP contribution < -0.4 is 11.5 Å². The summed E-state index contributed by atoms with van der Waals surface area (Å²) in [6.07, 6.45) is 4.47. The molecule has 0 aliphatic heterocycles. The van der Waals surface area contributed by atoms with Crippen molar-refractivity contribution in [2.75, 3.05) is 7.11 Å². The molecule has 2 aromatic rings. The van der Waals surface area contributed by atoms with Gasteiger partial charge in [-0.3, -0.25) is 19.6 Å². The van der Waals surface area contributed by atoms with Crippen LogP contribution in [-0.4, -0.2) is 34.1 Å². The van der Waals surface area contributed by atoms with Gasteiger partial charge in [-0.15, -0.1) is 0 Å². The number of hydrogen-bond donors (Lipinski definition) is 3. The van der Waals surface area contributed by atoms with Crippen LogP contribution >= 0.6 is 0 Å². The van der Waals surface area contributed by atoms with Crippen molar-refractivity contribution in [3.8, 4) is 0 Å². The minimum absolute atomic E-state index is 0.161. The van der Waals surface area contributed by atoms with Crippen LogP contribution in [0.3, 0.4) is 0 Å². The molecule has 0 aliphatic carbocycles. The van der Waals surface area contributed by atoms with Crippen LogP contribution in [0.2, 0.25) is 0 Å². The van der Waals surface area contributed by atoms with Crippen molar-refractivity contribution in [1.82, 2.24) is 9.97 Å². The van der Waals surface area contributed by atoms with Gasteiger partial charge in [0.1, 0.15) is 0 Å². The van der Waals surface area contributed by atoms with Crippen molar-refractivity contribution in [1.29, 1.82) is 0 Å². The summed E-state index contributed by atoms with van der Waals surface area (Å²) in [5.74, 6) is -1.56. The van der Waals surface area contributed by atoms with Crippen molar-refractivity contribution in [2.24, 2.45) is 23.3 Å². The second-order valence-electron chi connectivity index (χ2n) is 6.80. The summed E-state index contributed by atoms with van der Waals surface area (Å²) < 4.78 is 4.64. The molecule has 29 heavy (non-hydrogen) atoms. The summed E-state index contributed by atoms with van der Waals surface area (Å²) in [5.41, 5.74) is 14.5. The van der Waals surface area contributed by atoms with E-state index in [1.54, 1.807) is 19.3 Å². The first-order valence-electron chi connectivity index (χ1n) is 9.39. The number of rotatable bonds is 8. The molecule has 0 aromatic carbocycles. The lowest BCUT2D eigenvalue weighted by atomic mass is 10.1. The van der Waals surface area contributed by atoms with Crippen LogP contribution in [0.15, 0.2) is 36.7 Å². The predicted molar refractivity (Wildman–Crippen MR) is 110 cm³/mol. The molecule has 2 atom stereocenters. The average molecular weight is 402 g/mol. The van der Waals surface area contributed by atoms with Crippen molar-refractivity contribution >= 4 is 11.9 Å². The lowest BCUT2D eigenvalue weighted by molar-refractivity contribution is -0.145. The SMILES string of the molecule is COC(=O)[C@@H](C)Cc1ccc(CN)cn1.C[C@@H](Cc1ccc(CN)cn1)C(=O)O. The monoisotopic (exact) mass is 402 g/mol. The molecule has 0 radical (unpaired) electrons. The third kappa shape index (κ3) is 8.80. The van der Waals surface area contributed by atoms with Crippen molar-refractivity contribution < 1.29 is 19.4 Å². The number of aliphatic carboxylic acids is 1. The van der Waals surface area contributed by atoms with Crippen LogP contribution in [0.1, 0.15) is 36.4 Å². The smallest absolute Gasteiger partial charge is 0.308 e. The van der Waals surface area contributed by atoms with Gasteiger partial charge in [0, 0.05) is 49.7 Å². The number of hydrogen-bond acceptors (Lipinski definition) is 7. The molecule has 0 aliphatic rings. The maximum absolute atomic E-state index is 11.2. The number of nitrogens with two attached hydrogens (primary N) is 2. The van der Waals surface area contributed by atoms with Crippen LogP contribution in [0.4, 0.5) is 0 Å². The highest BCUT2D eigenvalue weighted by atomic mass is 16.5. The maximum Gasteiger partial charge on any atom is 0.308 e. The molecule has 0 fully saturated rings. The van der Waals surface area contributed by atoms with E-state index in [2.05, 4.69) is 14.7 Å². The highest BCUT2D eigenvalue weighted by molar-refractivity contribution is 5.72. The van der Waals surface area contributed by atoms with Gasteiger partial charge in [-0.25, -0.2) is 0 Å². The van der Waals surface area contributed by atoms with E-state index >= 15 is 0 Å². The molecule has 2 rings (SSSR count). The third-order valence-electron chi connectivity index (χ3n) is 4.30. The van der Waals surface area contributed by atoms with Gasteiger partial charge in [0.2, 0.25) is 0 Å². The summed E-state index contributed by atoms with van der Waals surface area (Å²) in [5, 5.41) is 8.70. The third-order valence-corrected chi connectivity index (χ3v) is 4.30. The molecule has 8 heteroatoms. The summed E-state index contributed by atoms with van der Waals surface area (Å²) in [4.78, 5) is 30.1. The van der Waals surface area contributed by atoms with Gasteiger partial charge in [0.25, 0.3) is 0 Å². The first-order valence-corrected chi connectivity index (χ1v) is 9.39. The van der Waals surface area contributed by atoms with E-state index in [0.717, 1.165) is 22.5 Å². The lowest BCUT2D eigenvalue weighted by Crippen LogP contribution is -2.15. The number of esters is 1. The Morgan fingerprint density at radius 2 is 1.38 bits per heavy atom. The zero-order chi connectivity index (χ0) is 21.8. The molecule has 0 bridgehead atoms. The Kier molecular flexibility index (Phi) is 10.5. The Labute approximate surface area is 171 Å². The molecule has 158 valence electrons. The molecule has 0 saturated heterocycles. The first kappa shape index (κ1) is 24.2. The van der Waals surface area contributed by atoms with Gasteiger partial charge in [-0.1, -0.05) is 26.0 Å². The van der Waals surface area contributed by atoms with Gasteiger partial charge < -0.3 is 21.3 Å². The molecule has 0 saturated carbocycles. The normalized spacial score (nSPS) is 12.3. The van der Waals surface area contributed by atoms with Gasteiger partial charge in [-0.2, -0.15) is 0 Å². The van der Waals surface area contributed by atoms with Gasteiger partial charge in [0.05, 0.1) is 18.9 Å². The Morgan fingerprint density at radius 1 is 0.931 bits per heavy atom. The Balaban J connectivity index is 0.000000291. The highest BCUT2D eigenvalue weighted by Gasteiger charge is 2.14. The van der Waals surface area contributed by atoms with E-state index < -0.39 is 11.9 Å². The standard InChI is InChI=1S/C11H16N2O2.C10H14N2O2/c1-8(11(14)15-2)5-10-4-3-9(6-12)7-13-10;1-7(10(13)14)4-9-3-2-8(5-11)6-12-9/h3-4,7-8H,5-6,12H2,1-2H3;2-3,6-7H,4-5,11H2,1H3,(H,13,14)/t8-;7-/m00/s1. The van der Waals surface area contributed by atoms with E-state index in [1.165, 1.54) is 7.11 Å². The number of methoxy groups -OCH3 is 1. The fourth-order valence-corrected chi connectivity index (χ4v) is 2.39. The van der Waals surface area contributed by atoms with E-state index in [0.29, 0.717) is 25.9 Å². The number of carbonyl (C=O) groups excluding carboxylic acids is 1. The van der Waals surface area contributed by atoms with Gasteiger partial charge in [0.15, 0.2) is 0 Å². The van der Waals surface area contributed by atoms with Crippen molar-refractivity contribution in [3.63, 3.8) is 0 Å². The van der Waals surface area contributed by atoms with E-state index in [4.69, 9.17) is 16.6 Å². The molecular formula is C21H30N4O4. The zero-order valence-corrected chi connectivity index (χ0v) is 17.2. The predicted octanol–water partition coefficient (Wildman–Crippen LogP) is 1.70. The highest BCUT2D eigenvalue weighted by Crippen LogP contribution is 2.09. The first-order chi connectivity index (χ1) is 13.8. The summed E-state index contributed by atoms with van der Waals surface area (Å²) >= 11 is 0. The number of ether oxygens (including phenoxy) is 1. The van der Waals surface area contributed by atoms with Crippen LogP contribution in [-0.2, 0) is 40.3 Å². The average Bonchev–Trinajstić information content (AvgIpc) is 2.74. The Hall–Kier alpha value is -2.84. The molecule has 8 nitrogen and oxygen atoms in total. The molecular weight excluding hydrogens is 372 g/mol. The molecule has 0 unspecified atom stereocenters. The minimum Gasteiger partial charge on any atom is -0.481 e. The zero-order valence-electron chi connectivity index (χ0n) is 17.2. The van der Waals surface area contributed by atoms with Crippen molar-refractivity contribution in [3.05, 3.63) is 59.2 Å². The molecule has 0 amide bonds. The summed E-state index contributed by atoms with van der Waals surface area (Å²) in [6.45, 7) is 4.44. The van der Waals surface area contributed by atoms with E-state index in [-0.39, 0.29) is 11.9 Å². The van der Waals surface area contributed by atoms with Crippen LogP contribution in [0.25, 0.3) is 0 Å². The van der Waals surface area contributed by atoms with Gasteiger partial charge >= 0.3 is 11.9 Å². The largest absolute Gasteiger partial charge is 0.481 e. The number of carboxylic acid groups (broad SMARTS) is 1. The van der Waals surface area contributed by atoms with E-state index in [1.807, 2.05) is 31.2 Å². The second kappa shape index (κ2) is 12.6. The number of aromatic nitrogens is 2. The lowest BCUT2D eigenvalue weighted by Gasteiger charge is -2.08. The minimum atomic E-state index is -0.797. The Morgan fingerprint density at radius 3 is 1.69 bits per heavy atom. The fraction of sp³-hybridized carbons (Fsp3) is 0.429. The number of carboxylic acids is 1. The number of nitrogens with zero attached hydrogens (tertiary/aromatic N) is 2. The van der Waals surface area contributed by atoms with Crippen LogP contribution in [0, 0.1) is 11.8 Å². The molecule has 2 heterocycles. The topological polar surface area (TPSA) is 141 Å². The summed E-state index contributed by atoms with van der Waals surface area (Å²) in [7, 11) is 1.39. The second-order valence-corrected chi connectivity index (χ2v) is 6.80. The summed E-state index contributed by atoms with van der Waals surface area (Å²) in [6, 6.07) is 7.51. The number of carbonyl (C=O) groups is 2. The fourth-order valence-electron chi connectivity index (χ4n) is 2.39. The quantitative estimate of drug-likeness (QED) is 0.566. The maximum atomic E-state index is 11.2. The van der Waals surface area contributed by atoms with E-state index in [9.17, 15) is 9.59 Å². The molecule has 0 spiro atoms. The molecule has 2 aromatic heterocycles. The van der Waals surface area contributed by atoms with Crippen LogP contribution in [0.5, 0.6) is 0 Å². The van der Waals surface area contributed by atoms with Crippen molar-refractivity contribution in [2.45, 2.75) is 39.8 Å².